The van der Waals surface area contributed by atoms with Crippen molar-refractivity contribution in [3.05, 3.63) is 83.4 Å². The van der Waals surface area contributed by atoms with Gasteiger partial charge >= 0.3 is 12.2 Å². The summed E-state index contributed by atoms with van der Waals surface area (Å²) in [6.07, 6.45) is -1.07. The van der Waals surface area contributed by atoms with E-state index in [2.05, 4.69) is 47.0 Å². The summed E-state index contributed by atoms with van der Waals surface area (Å²) < 4.78 is 17.2. The number of aliphatic hydroxyl groups is 2. The van der Waals surface area contributed by atoms with Crippen LogP contribution < -0.4 is 26.0 Å². The quantitative estimate of drug-likeness (QED) is 0.0674. The van der Waals surface area contributed by atoms with Crippen molar-refractivity contribution in [3.8, 4) is 16.9 Å². The molecular formula is C54H77N7O10. The van der Waals surface area contributed by atoms with Crippen LogP contribution in [0.2, 0.25) is 0 Å². The molecule has 0 radical (unpaired) electrons. The van der Waals surface area contributed by atoms with Gasteiger partial charge in [-0.1, -0.05) is 69.3 Å². The Balaban J connectivity index is 1.41. The number of ether oxygens (including phenoxy) is 3. The van der Waals surface area contributed by atoms with Gasteiger partial charge in [0.25, 0.3) is 5.91 Å². The maximum Gasteiger partial charge on any atom is 0.414 e. The molecule has 388 valence electrons. The highest BCUT2D eigenvalue weighted by Crippen LogP contribution is 2.61. The van der Waals surface area contributed by atoms with Crippen molar-refractivity contribution >= 4 is 35.6 Å². The van der Waals surface area contributed by atoms with Crippen molar-refractivity contribution in [2.75, 3.05) is 34.4 Å². The summed E-state index contributed by atoms with van der Waals surface area (Å²) in [7, 11) is 5.38. The molecule has 17 nitrogen and oxygen atoms in total. The average molecular weight is 984 g/mol. The van der Waals surface area contributed by atoms with E-state index in [0.717, 1.165) is 18.4 Å². The van der Waals surface area contributed by atoms with Crippen LogP contribution in [0, 0.1) is 29.1 Å². The third-order valence-corrected chi connectivity index (χ3v) is 13.9. The van der Waals surface area contributed by atoms with Gasteiger partial charge in [0.05, 0.1) is 32.1 Å². The molecule has 4 fully saturated rings. The number of nitrogens with zero attached hydrogens (tertiary/aromatic N) is 3. The number of methoxy groups -OCH3 is 1. The predicted octanol–water partition coefficient (Wildman–Crippen LogP) is 6.96. The van der Waals surface area contributed by atoms with Crippen LogP contribution in [0.5, 0.6) is 5.75 Å². The number of hydrogen-bond acceptors (Lipinski definition) is 13. The summed E-state index contributed by atoms with van der Waals surface area (Å²) in [5.74, 6) is -0.107. The zero-order valence-corrected chi connectivity index (χ0v) is 43.8. The van der Waals surface area contributed by atoms with E-state index in [4.69, 9.17) is 19.0 Å². The van der Waals surface area contributed by atoms with Crippen molar-refractivity contribution < 1.29 is 48.4 Å². The SMILES string of the molecule is COc1c(CN2O[C@@H](CO)[C@@H]([C@H](C)O)C2C(=O)N[C@H]2C[C@H]3C[C@@H]([C@@H]2C)C3(C)C)cccc1-c1cc(N=C(NC(=O)OC(C)(C)C)NC(=O)OC(C)(C)C)cc(C(=O)N[C@@H](Cc2ccccc2)CN(C)C)c1. The van der Waals surface area contributed by atoms with Crippen LogP contribution in [0.3, 0.4) is 0 Å². The number of carbonyl (C=O) groups is 4. The first-order valence-electron chi connectivity index (χ1n) is 24.7. The lowest BCUT2D eigenvalue weighted by molar-refractivity contribution is -0.183. The minimum atomic E-state index is -0.991. The number of likely N-dealkylation sites (N-methyl/N-ethyl adjacent to an activating group) is 1. The molecule has 3 aromatic carbocycles. The van der Waals surface area contributed by atoms with Crippen LogP contribution in [-0.4, -0.2) is 126 Å². The fourth-order valence-electron chi connectivity index (χ4n) is 10.6. The van der Waals surface area contributed by atoms with Gasteiger partial charge in [0.2, 0.25) is 11.9 Å². The van der Waals surface area contributed by atoms with Crippen LogP contribution in [0.4, 0.5) is 15.3 Å². The largest absolute Gasteiger partial charge is 0.496 e. The first-order valence-corrected chi connectivity index (χ1v) is 24.7. The van der Waals surface area contributed by atoms with Crippen LogP contribution >= 0.6 is 0 Å². The van der Waals surface area contributed by atoms with Gasteiger partial charge in [0, 0.05) is 41.2 Å². The van der Waals surface area contributed by atoms with Crippen LogP contribution in [0.15, 0.2) is 71.7 Å². The molecule has 3 aliphatic carbocycles. The topological polar surface area (TPSA) is 213 Å². The first kappa shape index (κ1) is 54.7. The monoisotopic (exact) mass is 984 g/mol. The Kier molecular flexibility index (Phi) is 17.3. The Labute approximate surface area is 419 Å². The lowest BCUT2D eigenvalue weighted by atomic mass is 9.45. The van der Waals surface area contributed by atoms with Crippen molar-refractivity contribution in [2.45, 2.75) is 137 Å². The molecule has 6 N–H and O–H groups in total. The Morgan fingerprint density at radius 2 is 1.58 bits per heavy atom. The second-order valence-corrected chi connectivity index (χ2v) is 22.3. The first-order chi connectivity index (χ1) is 33.3. The Hall–Kier alpha value is -5.59. The predicted molar refractivity (Wildman–Crippen MR) is 272 cm³/mol. The fraction of sp³-hybridized carbons (Fsp3) is 0.574. The van der Waals surface area contributed by atoms with Gasteiger partial charge in [-0.2, -0.15) is 5.06 Å². The van der Waals surface area contributed by atoms with Crippen LogP contribution in [0.25, 0.3) is 11.1 Å². The number of carbonyl (C=O) groups excluding carboxylic acids is 4. The van der Waals surface area contributed by atoms with Gasteiger partial charge in [-0.15, -0.1) is 0 Å². The molecule has 1 aliphatic heterocycles. The molecule has 2 bridgehead atoms. The smallest absolute Gasteiger partial charge is 0.414 e. The number of aliphatic imine (C=N–C) groups is 1. The van der Waals surface area contributed by atoms with Crippen molar-refractivity contribution in [3.63, 3.8) is 0 Å². The summed E-state index contributed by atoms with van der Waals surface area (Å²) in [4.78, 5) is 68.4. The number of guanidine groups is 1. The third kappa shape index (κ3) is 13.9. The zero-order valence-electron chi connectivity index (χ0n) is 43.8. The second kappa shape index (κ2) is 22.4. The van der Waals surface area contributed by atoms with E-state index in [-0.39, 0.29) is 53.1 Å². The maximum atomic E-state index is 14.5. The normalized spacial score (nSPS) is 23.6. The molecule has 3 aromatic rings. The van der Waals surface area contributed by atoms with Crippen molar-refractivity contribution in [1.29, 1.82) is 0 Å². The average Bonchev–Trinajstić information content (AvgIpc) is 3.64. The van der Waals surface area contributed by atoms with Gasteiger partial charge in [-0.3, -0.25) is 25.1 Å². The number of para-hydroxylation sites is 1. The number of alkyl carbamates (subject to hydrolysis) is 2. The molecule has 3 saturated carbocycles. The number of benzene rings is 3. The highest BCUT2D eigenvalue weighted by molar-refractivity contribution is 6.03. The van der Waals surface area contributed by atoms with E-state index in [1.54, 1.807) is 66.7 Å². The van der Waals surface area contributed by atoms with E-state index in [0.29, 0.717) is 47.2 Å². The molecule has 4 aliphatic rings. The van der Waals surface area contributed by atoms with E-state index < -0.39 is 60.1 Å². The number of hydroxylamine groups is 2. The number of nitrogens with one attached hydrogen (secondary N) is 4. The van der Waals surface area contributed by atoms with E-state index in [9.17, 15) is 29.4 Å². The zero-order chi connectivity index (χ0) is 52.2. The van der Waals surface area contributed by atoms with Crippen LogP contribution in [0.1, 0.15) is 104 Å². The standard InChI is InChI=1S/C54H77N7O10/c1-31-41-26-37(54(41,9)10)27-42(31)57-48(65)45-44(32(2)63)43(30-62)71-61(45)28-34-20-17-21-40(46(34)68-13)35-23-36(47(64)55-39(29-60(11)12)22-33-18-15-14-16-19-33)25-38(24-35)56-49(58-50(66)69-52(3,4)5)59-51(67)70-53(6,7)8/h14-21,23-25,31-32,37,39,41-45,62-63H,22,26-30H2,1-13H3,(H,55,64)(H,57,65)(H2,56,58,59,66,67)/t31-,32-,37+,39-,41-,42-,43-,44+,45?/m0/s1. The van der Waals surface area contributed by atoms with Gasteiger partial charge in [0.1, 0.15) is 29.1 Å². The number of aliphatic hydroxyl groups excluding tert-OH is 2. The molecule has 7 rings (SSSR count). The Morgan fingerprint density at radius 3 is 2.13 bits per heavy atom. The summed E-state index contributed by atoms with van der Waals surface area (Å²) in [6.45, 7) is 18.7. The third-order valence-electron chi connectivity index (χ3n) is 13.9. The number of amides is 4. The number of hydrogen-bond donors (Lipinski definition) is 6. The lowest BCUT2D eigenvalue weighted by Crippen LogP contribution is -2.62. The minimum Gasteiger partial charge on any atom is -0.496 e. The summed E-state index contributed by atoms with van der Waals surface area (Å²) in [5.41, 5.74) is 1.49. The van der Waals surface area contributed by atoms with Gasteiger partial charge in [-0.05, 0) is 134 Å². The molecule has 1 unspecified atom stereocenters. The Bertz CT molecular complexity index is 2360. The second-order valence-electron chi connectivity index (χ2n) is 22.3. The van der Waals surface area contributed by atoms with E-state index in [1.165, 1.54) is 12.2 Å². The number of rotatable bonds is 15. The summed E-state index contributed by atoms with van der Waals surface area (Å²) in [6, 6.07) is 19.0. The molecule has 71 heavy (non-hydrogen) atoms. The Morgan fingerprint density at radius 1 is 0.930 bits per heavy atom. The van der Waals surface area contributed by atoms with E-state index >= 15 is 0 Å². The van der Waals surface area contributed by atoms with Crippen molar-refractivity contribution in [1.82, 2.24) is 31.2 Å². The van der Waals surface area contributed by atoms with Crippen molar-refractivity contribution in [2.24, 2.45) is 34.1 Å². The molecule has 17 heteroatoms. The van der Waals surface area contributed by atoms with Gasteiger partial charge < -0.3 is 40.0 Å². The molecule has 1 heterocycles. The highest BCUT2D eigenvalue weighted by Gasteiger charge is 2.57. The summed E-state index contributed by atoms with van der Waals surface area (Å²) >= 11 is 0. The van der Waals surface area contributed by atoms with Gasteiger partial charge in [-0.25, -0.2) is 14.6 Å². The molecule has 1 saturated heterocycles. The molecule has 4 amide bonds. The molecular weight excluding hydrogens is 907 g/mol. The summed E-state index contributed by atoms with van der Waals surface area (Å²) in [5, 5.41) is 34.8. The molecule has 0 aromatic heterocycles. The van der Waals surface area contributed by atoms with E-state index in [1.807, 2.05) is 67.5 Å². The highest BCUT2D eigenvalue weighted by atomic mass is 16.7. The lowest BCUT2D eigenvalue weighted by Gasteiger charge is -2.62. The molecule has 0 spiro atoms. The maximum absolute atomic E-state index is 14.5. The van der Waals surface area contributed by atoms with Gasteiger partial charge in [0.15, 0.2) is 0 Å². The number of fused-ring (bicyclic) bond motifs is 2. The minimum absolute atomic E-state index is 0.0218. The van der Waals surface area contributed by atoms with Crippen LogP contribution in [-0.2, 0) is 32.1 Å². The molecule has 9 atom stereocenters. The fourth-order valence-corrected chi connectivity index (χ4v) is 10.6.